The van der Waals surface area contributed by atoms with Crippen molar-refractivity contribution in [3.63, 3.8) is 0 Å². The van der Waals surface area contributed by atoms with E-state index in [2.05, 4.69) is 164 Å². The summed E-state index contributed by atoms with van der Waals surface area (Å²) in [6.07, 6.45) is 0. The van der Waals surface area contributed by atoms with Crippen molar-refractivity contribution >= 4 is 60.9 Å². The van der Waals surface area contributed by atoms with Crippen LogP contribution in [-0.4, -0.2) is 4.98 Å². The largest absolute Gasteiger partial charge is 0.456 e. The molecule has 0 saturated heterocycles. The van der Waals surface area contributed by atoms with Gasteiger partial charge in [0, 0.05) is 44.9 Å². The van der Waals surface area contributed by atoms with Gasteiger partial charge in [0.25, 0.3) is 0 Å². The average molecular weight is 695 g/mol. The fourth-order valence-electron chi connectivity index (χ4n) is 8.59. The second-order valence-electron chi connectivity index (χ2n) is 14.8. The maximum Gasteiger partial charge on any atom is 0.228 e. The summed E-state index contributed by atoms with van der Waals surface area (Å²) in [5, 5.41) is 4.27. The van der Waals surface area contributed by atoms with Gasteiger partial charge in [-0.05, 0) is 105 Å². The molecule has 0 spiro atoms. The number of hydrogen-bond donors (Lipinski definition) is 0. The molecule has 0 saturated carbocycles. The highest BCUT2D eigenvalue weighted by atomic mass is 16.3. The summed E-state index contributed by atoms with van der Waals surface area (Å²) in [7, 11) is 0. The minimum Gasteiger partial charge on any atom is -0.456 e. The van der Waals surface area contributed by atoms with Crippen molar-refractivity contribution in [1.82, 2.24) is 4.98 Å². The smallest absolute Gasteiger partial charge is 0.228 e. The molecule has 0 N–H and O–H groups in total. The molecule has 2 aromatic heterocycles. The minimum atomic E-state index is -0.0698. The van der Waals surface area contributed by atoms with Crippen molar-refractivity contribution in [1.29, 1.82) is 0 Å². The SMILES string of the molecule is CC1(C)c2ccccc2-c2cc(N(c3ccc(-c4ccccc4)cc3)c3ccc4c(c3)oc3cccc(-c5nc6cc7ccccc7cc6o5)c34)ccc21. The van der Waals surface area contributed by atoms with Crippen LogP contribution in [0.4, 0.5) is 17.1 Å². The Hall–Kier alpha value is -6.91. The summed E-state index contributed by atoms with van der Waals surface area (Å²) in [5.74, 6) is 0.583. The predicted octanol–water partition coefficient (Wildman–Crippen LogP) is 14.0. The van der Waals surface area contributed by atoms with E-state index in [1.807, 2.05) is 24.3 Å². The van der Waals surface area contributed by atoms with E-state index >= 15 is 0 Å². The Balaban J connectivity index is 1.07. The van der Waals surface area contributed by atoms with Crippen molar-refractivity contribution in [2.75, 3.05) is 4.90 Å². The lowest BCUT2D eigenvalue weighted by atomic mass is 9.82. The number of oxazole rings is 1. The van der Waals surface area contributed by atoms with E-state index in [0.29, 0.717) is 5.89 Å². The van der Waals surface area contributed by atoms with Gasteiger partial charge in [-0.2, -0.15) is 0 Å². The fraction of sp³-hybridized carbons (Fsp3) is 0.0600. The molecule has 256 valence electrons. The normalized spacial score (nSPS) is 13.1. The number of hydrogen-bond acceptors (Lipinski definition) is 4. The molecule has 1 aliphatic carbocycles. The van der Waals surface area contributed by atoms with Gasteiger partial charge in [-0.15, -0.1) is 0 Å². The van der Waals surface area contributed by atoms with E-state index in [1.54, 1.807) is 0 Å². The highest BCUT2D eigenvalue weighted by Gasteiger charge is 2.35. The minimum absolute atomic E-state index is 0.0698. The third-order valence-corrected chi connectivity index (χ3v) is 11.3. The molecule has 0 amide bonds. The highest BCUT2D eigenvalue weighted by molar-refractivity contribution is 6.13. The standard InChI is InChI=1S/C50H34N2O2/c1-50(2)42-17-9-8-15-38(42)41-29-36(24-26-43(41)50)52(35-21-19-32(20-22-35)31-11-4-3-5-12-31)37-23-25-39-46(30-37)53-45-18-10-16-40(48(39)45)49-51-44-27-33-13-6-7-14-34(33)28-47(44)54-49/h3-30H,1-2H3. The molecule has 0 bridgehead atoms. The van der Waals surface area contributed by atoms with Gasteiger partial charge in [-0.25, -0.2) is 4.98 Å². The van der Waals surface area contributed by atoms with Gasteiger partial charge in [0.15, 0.2) is 5.58 Å². The van der Waals surface area contributed by atoms with Crippen molar-refractivity contribution < 1.29 is 8.83 Å². The predicted molar refractivity (Wildman–Crippen MR) is 222 cm³/mol. The zero-order valence-electron chi connectivity index (χ0n) is 29.9. The van der Waals surface area contributed by atoms with Crippen molar-refractivity contribution in [3.8, 4) is 33.7 Å². The van der Waals surface area contributed by atoms with Crippen molar-refractivity contribution in [3.05, 3.63) is 181 Å². The van der Waals surface area contributed by atoms with E-state index in [0.717, 1.165) is 66.4 Å². The molecule has 2 heterocycles. The van der Waals surface area contributed by atoms with Crippen LogP contribution in [0, 0.1) is 0 Å². The maximum absolute atomic E-state index is 6.64. The third kappa shape index (κ3) is 4.66. The van der Waals surface area contributed by atoms with Gasteiger partial charge in [-0.1, -0.05) is 117 Å². The van der Waals surface area contributed by atoms with Crippen LogP contribution in [0.15, 0.2) is 179 Å². The summed E-state index contributed by atoms with van der Waals surface area (Å²) in [6, 6.07) is 60.2. The van der Waals surface area contributed by atoms with Gasteiger partial charge in [-0.3, -0.25) is 0 Å². The highest BCUT2D eigenvalue weighted by Crippen LogP contribution is 2.51. The van der Waals surface area contributed by atoms with E-state index in [9.17, 15) is 0 Å². The van der Waals surface area contributed by atoms with Crippen LogP contribution in [0.2, 0.25) is 0 Å². The summed E-state index contributed by atoms with van der Waals surface area (Å²) in [5.41, 5.74) is 14.9. The van der Waals surface area contributed by atoms with Crippen LogP contribution in [0.5, 0.6) is 0 Å². The van der Waals surface area contributed by atoms with E-state index in [-0.39, 0.29) is 5.41 Å². The second kappa shape index (κ2) is 11.5. The van der Waals surface area contributed by atoms with Crippen molar-refractivity contribution in [2.24, 2.45) is 0 Å². The van der Waals surface area contributed by atoms with Gasteiger partial charge in [0.05, 0.1) is 0 Å². The molecule has 0 aliphatic heterocycles. The van der Waals surface area contributed by atoms with Crippen LogP contribution >= 0.6 is 0 Å². The van der Waals surface area contributed by atoms with Gasteiger partial charge in [0.2, 0.25) is 5.89 Å². The monoisotopic (exact) mass is 694 g/mol. The Labute approximate surface area is 312 Å². The Morgan fingerprint density at radius 1 is 0.463 bits per heavy atom. The zero-order chi connectivity index (χ0) is 36.0. The number of rotatable bonds is 5. The molecule has 0 atom stereocenters. The number of benzene rings is 8. The number of fused-ring (bicyclic) bond motifs is 8. The molecular formula is C50H34N2O2. The van der Waals surface area contributed by atoms with Gasteiger partial charge in [0.1, 0.15) is 16.7 Å². The lowest BCUT2D eigenvalue weighted by Crippen LogP contribution is -2.15. The lowest BCUT2D eigenvalue weighted by molar-refractivity contribution is 0.620. The number of furan rings is 1. The fourth-order valence-corrected chi connectivity index (χ4v) is 8.59. The molecule has 0 fully saturated rings. The van der Waals surface area contributed by atoms with Crippen LogP contribution < -0.4 is 4.90 Å². The zero-order valence-corrected chi connectivity index (χ0v) is 29.9. The van der Waals surface area contributed by atoms with Gasteiger partial charge >= 0.3 is 0 Å². The molecule has 0 unspecified atom stereocenters. The molecule has 10 aromatic rings. The summed E-state index contributed by atoms with van der Waals surface area (Å²) >= 11 is 0. The summed E-state index contributed by atoms with van der Waals surface area (Å²) in [6.45, 7) is 4.65. The molecule has 54 heavy (non-hydrogen) atoms. The van der Waals surface area contributed by atoms with E-state index in [1.165, 1.54) is 33.4 Å². The van der Waals surface area contributed by atoms with Crippen LogP contribution in [0.25, 0.3) is 77.5 Å². The second-order valence-corrected chi connectivity index (χ2v) is 14.8. The third-order valence-electron chi connectivity index (χ3n) is 11.3. The lowest BCUT2D eigenvalue weighted by Gasteiger charge is -2.27. The first-order valence-electron chi connectivity index (χ1n) is 18.4. The molecule has 4 heteroatoms. The van der Waals surface area contributed by atoms with E-state index in [4.69, 9.17) is 13.8 Å². The Bertz CT molecular complexity index is 3030. The first kappa shape index (κ1) is 30.7. The van der Waals surface area contributed by atoms with Gasteiger partial charge < -0.3 is 13.7 Å². The molecular weight excluding hydrogens is 661 g/mol. The first-order valence-corrected chi connectivity index (χ1v) is 18.4. The quantitative estimate of drug-likeness (QED) is 0.180. The van der Waals surface area contributed by atoms with Crippen molar-refractivity contribution in [2.45, 2.75) is 19.3 Å². The molecule has 1 aliphatic rings. The van der Waals surface area contributed by atoms with Crippen LogP contribution in [0.3, 0.4) is 0 Å². The Kier molecular flexibility index (Phi) is 6.56. The number of aromatic nitrogens is 1. The van der Waals surface area contributed by atoms with Crippen LogP contribution in [-0.2, 0) is 5.41 Å². The topological polar surface area (TPSA) is 42.4 Å². The first-order chi connectivity index (χ1) is 26.5. The van der Waals surface area contributed by atoms with Crippen LogP contribution in [0.1, 0.15) is 25.0 Å². The maximum atomic E-state index is 6.64. The Morgan fingerprint density at radius 2 is 1.13 bits per heavy atom. The summed E-state index contributed by atoms with van der Waals surface area (Å²) in [4.78, 5) is 7.30. The molecule has 0 radical (unpaired) electrons. The molecule has 11 rings (SSSR count). The number of nitrogens with zero attached hydrogens (tertiary/aromatic N) is 2. The average Bonchev–Trinajstić information content (AvgIpc) is 3.87. The summed E-state index contributed by atoms with van der Waals surface area (Å²) < 4.78 is 13.1. The molecule has 4 nitrogen and oxygen atoms in total. The number of anilines is 3. The Morgan fingerprint density at radius 3 is 1.98 bits per heavy atom. The van der Waals surface area contributed by atoms with E-state index < -0.39 is 0 Å². The molecule has 8 aromatic carbocycles.